The van der Waals surface area contributed by atoms with E-state index in [4.69, 9.17) is 9.52 Å². The lowest BCUT2D eigenvalue weighted by atomic mass is 10.2. The number of furan rings is 1. The minimum Gasteiger partial charge on any atom is -0.478 e. The summed E-state index contributed by atoms with van der Waals surface area (Å²) in [5.74, 6) is -1.54. The largest absolute Gasteiger partial charge is 0.478 e. The SMILES string of the molecule is O=C(O)c1coc(C(=O)N2CCN(C(=O)c3ccsc3)CC2)c1. The lowest BCUT2D eigenvalue weighted by molar-refractivity contribution is 0.0518. The summed E-state index contributed by atoms with van der Waals surface area (Å²) < 4.78 is 5.02. The van der Waals surface area contributed by atoms with Gasteiger partial charge in [0.15, 0.2) is 5.76 Å². The smallest absolute Gasteiger partial charge is 0.338 e. The van der Waals surface area contributed by atoms with Crippen LogP contribution in [0.1, 0.15) is 31.3 Å². The van der Waals surface area contributed by atoms with Gasteiger partial charge in [-0.1, -0.05) is 0 Å². The molecule has 1 aliphatic heterocycles. The Morgan fingerprint density at radius 3 is 2.22 bits per heavy atom. The highest BCUT2D eigenvalue weighted by Crippen LogP contribution is 2.15. The number of hydrogen-bond donors (Lipinski definition) is 1. The van der Waals surface area contributed by atoms with E-state index in [9.17, 15) is 14.4 Å². The van der Waals surface area contributed by atoms with Crippen LogP contribution in [0, 0.1) is 0 Å². The molecule has 1 N–H and O–H groups in total. The van der Waals surface area contributed by atoms with Crippen LogP contribution in [0.2, 0.25) is 0 Å². The molecule has 2 aromatic heterocycles. The lowest BCUT2D eigenvalue weighted by Crippen LogP contribution is -2.50. The predicted octanol–water partition coefficient (Wildman–Crippen LogP) is 1.64. The number of nitrogens with zero attached hydrogens (tertiary/aromatic N) is 2. The van der Waals surface area contributed by atoms with Gasteiger partial charge in [-0.15, -0.1) is 0 Å². The van der Waals surface area contributed by atoms with Crippen molar-refractivity contribution < 1.29 is 23.9 Å². The molecule has 23 heavy (non-hydrogen) atoms. The summed E-state index contributed by atoms with van der Waals surface area (Å²) in [4.78, 5) is 38.6. The van der Waals surface area contributed by atoms with Crippen LogP contribution in [-0.4, -0.2) is 58.9 Å². The zero-order valence-electron chi connectivity index (χ0n) is 12.1. The highest BCUT2D eigenvalue weighted by molar-refractivity contribution is 7.08. The second-order valence-electron chi connectivity index (χ2n) is 5.10. The number of carboxylic acids is 1. The number of rotatable bonds is 3. The molecule has 120 valence electrons. The zero-order valence-corrected chi connectivity index (χ0v) is 12.9. The van der Waals surface area contributed by atoms with E-state index in [1.165, 1.54) is 17.4 Å². The second-order valence-corrected chi connectivity index (χ2v) is 5.88. The first kappa shape index (κ1) is 15.3. The molecular formula is C15H14N2O5S. The molecule has 0 unspecified atom stereocenters. The first-order chi connectivity index (χ1) is 11.1. The van der Waals surface area contributed by atoms with Gasteiger partial charge in [0.2, 0.25) is 0 Å². The van der Waals surface area contributed by atoms with Gasteiger partial charge in [0, 0.05) is 37.6 Å². The van der Waals surface area contributed by atoms with Gasteiger partial charge in [-0.25, -0.2) is 4.79 Å². The van der Waals surface area contributed by atoms with Crippen LogP contribution >= 0.6 is 11.3 Å². The van der Waals surface area contributed by atoms with Crippen molar-refractivity contribution in [3.63, 3.8) is 0 Å². The summed E-state index contributed by atoms with van der Waals surface area (Å²) in [7, 11) is 0. The second kappa shape index (κ2) is 6.25. The molecule has 2 aromatic rings. The molecule has 8 heteroatoms. The lowest BCUT2D eigenvalue weighted by Gasteiger charge is -2.34. The number of carbonyl (C=O) groups is 3. The highest BCUT2D eigenvalue weighted by Gasteiger charge is 2.27. The Bertz CT molecular complexity index is 729. The highest BCUT2D eigenvalue weighted by atomic mass is 32.1. The van der Waals surface area contributed by atoms with Gasteiger partial charge in [-0.2, -0.15) is 11.3 Å². The molecule has 0 saturated carbocycles. The monoisotopic (exact) mass is 334 g/mol. The average molecular weight is 334 g/mol. The molecular weight excluding hydrogens is 320 g/mol. The molecule has 0 aromatic carbocycles. The molecule has 1 saturated heterocycles. The summed E-state index contributed by atoms with van der Waals surface area (Å²) in [6.45, 7) is 1.65. The van der Waals surface area contributed by atoms with Crippen LogP contribution < -0.4 is 0 Å². The third-order valence-electron chi connectivity index (χ3n) is 3.68. The van der Waals surface area contributed by atoms with E-state index in [0.29, 0.717) is 31.7 Å². The molecule has 3 heterocycles. The molecule has 2 amide bonds. The van der Waals surface area contributed by atoms with Crippen molar-refractivity contribution in [1.29, 1.82) is 0 Å². The summed E-state index contributed by atoms with van der Waals surface area (Å²) in [5.41, 5.74) is 0.603. The van der Waals surface area contributed by atoms with Crippen LogP contribution in [0.4, 0.5) is 0 Å². The molecule has 0 spiro atoms. The van der Waals surface area contributed by atoms with Crippen molar-refractivity contribution in [1.82, 2.24) is 9.80 Å². The molecule has 0 bridgehead atoms. The first-order valence-corrected chi connectivity index (χ1v) is 7.93. The van der Waals surface area contributed by atoms with Crippen molar-refractivity contribution in [2.45, 2.75) is 0 Å². The van der Waals surface area contributed by atoms with E-state index in [-0.39, 0.29) is 23.1 Å². The fraction of sp³-hybridized carbons (Fsp3) is 0.267. The fourth-order valence-electron chi connectivity index (χ4n) is 2.40. The molecule has 1 aliphatic rings. The van der Waals surface area contributed by atoms with E-state index >= 15 is 0 Å². The Balaban J connectivity index is 1.61. The Kier molecular flexibility index (Phi) is 4.16. The van der Waals surface area contributed by atoms with Crippen molar-refractivity contribution in [2.75, 3.05) is 26.2 Å². The number of carbonyl (C=O) groups excluding carboxylic acids is 2. The summed E-state index contributed by atoms with van der Waals surface area (Å²) in [6.07, 6.45) is 1.05. The maximum Gasteiger partial charge on any atom is 0.338 e. The third kappa shape index (κ3) is 3.11. The topological polar surface area (TPSA) is 91.1 Å². The van der Waals surface area contributed by atoms with Crippen molar-refractivity contribution in [3.05, 3.63) is 46.0 Å². The number of aromatic carboxylic acids is 1. The summed E-state index contributed by atoms with van der Waals surface area (Å²) in [6, 6.07) is 2.99. The number of carboxylic acid groups (broad SMARTS) is 1. The quantitative estimate of drug-likeness (QED) is 0.921. The van der Waals surface area contributed by atoms with Gasteiger partial charge < -0.3 is 19.3 Å². The molecule has 0 radical (unpaired) electrons. The number of hydrogen-bond acceptors (Lipinski definition) is 5. The Morgan fingerprint density at radius 2 is 1.70 bits per heavy atom. The van der Waals surface area contributed by atoms with Crippen LogP contribution in [0.5, 0.6) is 0 Å². The van der Waals surface area contributed by atoms with E-state index < -0.39 is 5.97 Å². The normalized spacial score (nSPS) is 14.8. The Morgan fingerprint density at radius 1 is 1.04 bits per heavy atom. The van der Waals surface area contributed by atoms with Crippen LogP contribution in [0.25, 0.3) is 0 Å². The molecule has 1 fully saturated rings. The van der Waals surface area contributed by atoms with Crippen molar-refractivity contribution >= 4 is 29.1 Å². The van der Waals surface area contributed by atoms with Gasteiger partial charge >= 0.3 is 5.97 Å². The fourth-order valence-corrected chi connectivity index (χ4v) is 3.03. The average Bonchev–Trinajstić information content (AvgIpc) is 3.25. The number of amides is 2. The van der Waals surface area contributed by atoms with Gasteiger partial charge in [0.05, 0.1) is 11.1 Å². The van der Waals surface area contributed by atoms with Crippen LogP contribution in [-0.2, 0) is 0 Å². The van der Waals surface area contributed by atoms with Gasteiger partial charge in [0.1, 0.15) is 6.26 Å². The van der Waals surface area contributed by atoms with Gasteiger partial charge in [-0.05, 0) is 11.4 Å². The Hall–Kier alpha value is -2.61. The zero-order chi connectivity index (χ0) is 16.4. The molecule has 0 atom stereocenters. The summed E-state index contributed by atoms with van der Waals surface area (Å²) in [5, 5.41) is 12.5. The minimum absolute atomic E-state index is 0.0000103. The van der Waals surface area contributed by atoms with Crippen LogP contribution in [0.3, 0.4) is 0 Å². The van der Waals surface area contributed by atoms with E-state index in [1.807, 2.05) is 5.38 Å². The molecule has 0 aliphatic carbocycles. The number of piperazine rings is 1. The Labute approximate surface area is 135 Å². The summed E-state index contributed by atoms with van der Waals surface area (Å²) >= 11 is 1.47. The van der Waals surface area contributed by atoms with Crippen LogP contribution in [0.15, 0.2) is 33.6 Å². The minimum atomic E-state index is -1.14. The third-order valence-corrected chi connectivity index (χ3v) is 4.36. The van der Waals surface area contributed by atoms with E-state index in [1.54, 1.807) is 21.2 Å². The number of thiophene rings is 1. The van der Waals surface area contributed by atoms with E-state index in [0.717, 1.165) is 6.26 Å². The van der Waals surface area contributed by atoms with Crippen molar-refractivity contribution in [2.24, 2.45) is 0 Å². The van der Waals surface area contributed by atoms with Crippen molar-refractivity contribution in [3.8, 4) is 0 Å². The standard InChI is InChI=1S/C15H14N2O5S/c18-13(10-1-6-23-9-10)16-2-4-17(5-3-16)14(19)12-7-11(8-22-12)15(20)21/h1,6-9H,2-5H2,(H,20,21). The maximum absolute atomic E-state index is 12.3. The molecule has 7 nitrogen and oxygen atoms in total. The predicted molar refractivity (Wildman–Crippen MR) is 81.8 cm³/mol. The molecule has 3 rings (SSSR count). The first-order valence-electron chi connectivity index (χ1n) is 6.99. The van der Waals surface area contributed by atoms with Gasteiger partial charge in [0.25, 0.3) is 11.8 Å². The maximum atomic E-state index is 12.3. The van der Waals surface area contributed by atoms with Gasteiger partial charge in [-0.3, -0.25) is 9.59 Å². The van der Waals surface area contributed by atoms with E-state index in [2.05, 4.69) is 0 Å².